The first-order chi connectivity index (χ1) is 10.0. The number of hydrogen-bond donors (Lipinski definition) is 1. The van der Waals surface area contributed by atoms with Crippen LogP contribution in [-0.4, -0.2) is 35.6 Å². The Morgan fingerprint density at radius 2 is 2.24 bits per heavy atom. The summed E-state index contributed by atoms with van der Waals surface area (Å²) in [5.74, 6) is -1.41. The van der Waals surface area contributed by atoms with E-state index in [9.17, 15) is 18.7 Å². The number of amides is 1. The Hall–Kier alpha value is -1.75. The van der Waals surface area contributed by atoms with Gasteiger partial charge in [-0.05, 0) is 43.4 Å². The highest BCUT2D eigenvalue weighted by Gasteiger charge is 2.22. The number of halogens is 2. The van der Waals surface area contributed by atoms with E-state index in [4.69, 9.17) is 0 Å². The number of benzene rings is 1. The third-order valence-electron chi connectivity index (χ3n) is 3.78. The van der Waals surface area contributed by atoms with Crippen LogP contribution >= 0.6 is 0 Å². The Bertz CT molecular complexity index is 557. The van der Waals surface area contributed by atoms with Crippen molar-refractivity contribution < 1.29 is 18.7 Å². The lowest BCUT2D eigenvalue weighted by molar-refractivity contribution is -0.128. The molecule has 1 aromatic rings. The quantitative estimate of drug-likeness (QED) is 0.871. The number of piperidine rings is 1. The molecule has 1 unspecified atom stereocenters. The lowest BCUT2D eigenvalue weighted by Gasteiger charge is -2.31. The van der Waals surface area contributed by atoms with Gasteiger partial charge in [0.1, 0.15) is 11.6 Å². The summed E-state index contributed by atoms with van der Waals surface area (Å²) in [5.41, 5.74) is 0.684. The van der Waals surface area contributed by atoms with Gasteiger partial charge in [-0.25, -0.2) is 8.78 Å². The summed E-state index contributed by atoms with van der Waals surface area (Å²) in [6.45, 7) is 2.86. The van der Waals surface area contributed by atoms with Crippen molar-refractivity contribution in [1.82, 2.24) is 4.90 Å². The molecule has 0 saturated carbocycles. The van der Waals surface area contributed by atoms with E-state index in [1.165, 1.54) is 18.2 Å². The first kappa shape index (κ1) is 15.6. The predicted octanol–water partition coefficient (Wildman–Crippen LogP) is 2.60. The van der Waals surface area contributed by atoms with Crippen LogP contribution in [0.25, 0.3) is 5.57 Å². The Kier molecular flexibility index (Phi) is 5.07. The summed E-state index contributed by atoms with van der Waals surface area (Å²) in [5, 5.41) is 9.17. The fraction of sp³-hybridized carbons (Fsp3) is 0.438. The van der Waals surface area contributed by atoms with Gasteiger partial charge in [0.25, 0.3) is 0 Å². The lowest BCUT2D eigenvalue weighted by Crippen LogP contribution is -2.40. The van der Waals surface area contributed by atoms with Gasteiger partial charge in [0.2, 0.25) is 5.91 Å². The number of allylic oxidation sites excluding steroid dienone is 1. The molecule has 1 fully saturated rings. The van der Waals surface area contributed by atoms with E-state index >= 15 is 0 Å². The molecule has 1 aromatic carbocycles. The fourth-order valence-corrected chi connectivity index (χ4v) is 2.58. The predicted molar refractivity (Wildman–Crippen MR) is 76.4 cm³/mol. The summed E-state index contributed by atoms with van der Waals surface area (Å²) < 4.78 is 26.6. The number of carbonyl (C=O) groups is 1. The van der Waals surface area contributed by atoms with Gasteiger partial charge in [-0.15, -0.1) is 0 Å². The van der Waals surface area contributed by atoms with Gasteiger partial charge in [0, 0.05) is 37.4 Å². The molecule has 0 aromatic heterocycles. The van der Waals surface area contributed by atoms with E-state index in [0.29, 0.717) is 18.7 Å². The van der Waals surface area contributed by atoms with Crippen LogP contribution in [0.4, 0.5) is 8.78 Å². The molecule has 1 amide bonds. The third-order valence-corrected chi connectivity index (χ3v) is 3.78. The summed E-state index contributed by atoms with van der Waals surface area (Å²) in [6.07, 6.45) is 3.14. The average molecular weight is 295 g/mol. The first-order valence-corrected chi connectivity index (χ1v) is 7.04. The van der Waals surface area contributed by atoms with Gasteiger partial charge in [-0.2, -0.15) is 0 Å². The standard InChI is InChI=1S/C16H19F2NO2/c1-11(14-5-4-13(17)8-15(14)18)7-16(21)19-6-2-3-12(9-19)10-20/h4-5,7-8,12,20H,2-3,6,9-10H2,1H3/b11-7-. The zero-order chi connectivity index (χ0) is 15.4. The summed E-state index contributed by atoms with van der Waals surface area (Å²) in [7, 11) is 0. The van der Waals surface area contributed by atoms with E-state index in [2.05, 4.69) is 0 Å². The SMILES string of the molecule is C/C(=C/C(=O)N1CCCC(CO)C1)c1ccc(F)cc1F. The molecule has 0 aliphatic carbocycles. The van der Waals surface area contributed by atoms with Crippen molar-refractivity contribution in [2.45, 2.75) is 19.8 Å². The molecule has 1 aliphatic heterocycles. The minimum atomic E-state index is -0.677. The second-order valence-electron chi connectivity index (χ2n) is 5.43. The number of nitrogens with zero attached hydrogens (tertiary/aromatic N) is 1. The van der Waals surface area contributed by atoms with Crippen molar-refractivity contribution in [3.8, 4) is 0 Å². The monoisotopic (exact) mass is 295 g/mol. The van der Waals surface area contributed by atoms with Crippen LogP contribution in [0.1, 0.15) is 25.3 Å². The van der Waals surface area contributed by atoms with Crippen molar-refractivity contribution >= 4 is 11.5 Å². The molecule has 1 saturated heterocycles. The zero-order valence-corrected chi connectivity index (χ0v) is 12.0. The van der Waals surface area contributed by atoms with Crippen molar-refractivity contribution in [1.29, 1.82) is 0 Å². The van der Waals surface area contributed by atoms with Crippen LogP contribution in [-0.2, 0) is 4.79 Å². The smallest absolute Gasteiger partial charge is 0.246 e. The molecular formula is C16H19F2NO2. The Balaban J connectivity index is 2.12. The van der Waals surface area contributed by atoms with Crippen LogP contribution < -0.4 is 0 Å². The van der Waals surface area contributed by atoms with Crippen molar-refractivity contribution in [3.05, 3.63) is 41.5 Å². The van der Waals surface area contributed by atoms with E-state index in [0.717, 1.165) is 18.9 Å². The number of rotatable bonds is 3. The maximum Gasteiger partial charge on any atom is 0.246 e. The number of hydrogen-bond acceptors (Lipinski definition) is 2. The number of carbonyl (C=O) groups excluding carboxylic acids is 1. The topological polar surface area (TPSA) is 40.5 Å². The number of likely N-dealkylation sites (tertiary alicyclic amines) is 1. The zero-order valence-electron chi connectivity index (χ0n) is 12.0. The van der Waals surface area contributed by atoms with Gasteiger partial charge >= 0.3 is 0 Å². The second kappa shape index (κ2) is 6.80. The molecule has 2 rings (SSSR count). The molecule has 0 radical (unpaired) electrons. The van der Waals surface area contributed by atoms with Gasteiger partial charge in [0.15, 0.2) is 0 Å². The van der Waals surface area contributed by atoms with Gasteiger partial charge < -0.3 is 10.0 Å². The first-order valence-electron chi connectivity index (χ1n) is 7.04. The minimum absolute atomic E-state index is 0.0685. The van der Waals surface area contributed by atoms with Crippen molar-refractivity contribution in [2.75, 3.05) is 19.7 Å². The highest BCUT2D eigenvalue weighted by molar-refractivity contribution is 5.95. The third kappa shape index (κ3) is 3.88. The maximum absolute atomic E-state index is 13.7. The molecule has 3 nitrogen and oxygen atoms in total. The molecule has 1 N–H and O–H groups in total. The summed E-state index contributed by atoms with van der Waals surface area (Å²) in [4.78, 5) is 13.9. The minimum Gasteiger partial charge on any atom is -0.396 e. The van der Waals surface area contributed by atoms with Gasteiger partial charge in [-0.3, -0.25) is 4.79 Å². The molecule has 0 spiro atoms. The van der Waals surface area contributed by atoms with Crippen LogP contribution in [0.15, 0.2) is 24.3 Å². The molecule has 5 heteroatoms. The van der Waals surface area contributed by atoms with E-state index in [1.807, 2.05) is 0 Å². The molecule has 1 heterocycles. The summed E-state index contributed by atoms with van der Waals surface area (Å²) in [6, 6.07) is 3.30. The van der Waals surface area contributed by atoms with Crippen LogP contribution in [0.5, 0.6) is 0 Å². The lowest BCUT2D eigenvalue weighted by atomic mass is 9.98. The molecule has 21 heavy (non-hydrogen) atoms. The van der Waals surface area contributed by atoms with Gasteiger partial charge in [-0.1, -0.05) is 0 Å². The van der Waals surface area contributed by atoms with Gasteiger partial charge in [0.05, 0.1) is 0 Å². The van der Waals surface area contributed by atoms with Crippen LogP contribution in [0, 0.1) is 17.6 Å². The molecular weight excluding hydrogens is 276 g/mol. The average Bonchev–Trinajstić information content (AvgIpc) is 2.47. The Morgan fingerprint density at radius 3 is 2.90 bits per heavy atom. The van der Waals surface area contributed by atoms with E-state index < -0.39 is 11.6 Å². The normalized spacial score (nSPS) is 19.7. The Morgan fingerprint density at radius 1 is 1.48 bits per heavy atom. The number of aliphatic hydroxyl groups excluding tert-OH is 1. The second-order valence-corrected chi connectivity index (χ2v) is 5.43. The molecule has 1 aliphatic rings. The molecule has 0 bridgehead atoms. The van der Waals surface area contributed by atoms with E-state index in [-0.39, 0.29) is 24.0 Å². The number of aliphatic hydroxyl groups is 1. The molecule has 1 atom stereocenters. The van der Waals surface area contributed by atoms with Crippen molar-refractivity contribution in [2.24, 2.45) is 5.92 Å². The summed E-state index contributed by atoms with van der Waals surface area (Å²) >= 11 is 0. The Labute approximate surface area is 122 Å². The van der Waals surface area contributed by atoms with Crippen molar-refractivity contribution in [3.63, 3.8) is 0 Å². The maximum atomic E-state index is 13.7. The van der Waals surface area contributed by atoms with E-state index in [1.54, 1.807) is 11.8 Å². The van der Waals surface area contributed by atoms with Crippen LogP contribution in [0.2, 0.25) is 0 Å². The largest absolute Gasteiger partial charge is 0.396 e. The fourth-order valence-electron chi connectivity index (χ4n) is 2.58. The molecule has 114 valence electrons. The van der Waals surface area contributed by atoms with Crippen LogP contribution in [0.3, 0.4) is 0 Å². The highest BCUT2D eigenvalue weighted by Crippen LogP contribution is 2.21. The highest BCUT2D eigenvalue weighted by atomic mass is 19.1.